The first-order valence-corrected chi connectivity index (χ1v) is 9.02. The van der Waals surface area contributed by atoms with Gasteiger partial charge in [-0.1, -0.05) is 37.5 Å². The Balaban J connectivity index is 1.64. The van der Waals surface area contributed by atoms with Crippen LogP contribution >= 0.6 is 0 Å². The first-order valence-electron chi connectivity index (χ1n) is 9.02. The van der Waals surface area contributed by atoms with Crippen molar-refractivity contribution in [2.24, 2.45) is 0 Å². The summed E-state index contributed by atoms with van der Waals surface area (Å²) in [6.45, 7) is 0. The molecule has 5 heteroatoms. The second-order valence-corrected chi connectivity index (χ2v) is 6.61. The van der Waals surface area contributed by atoms with Gasteiger partial charge in [-0.2, -0.15) is 0 Å². The molecule has 0 aliphatic heterocycles. The van der Waals surface area contributed by atoms with E-state index < -0.39 is 6.09 Å². The number of hydrogen-bond donors (Lipinski definition) is 2. The highest BCUT2D eigenvalue weighted by Gasteiger charge is 2.16. The Morgan fingerprint density at radius 1 is 0.923 bits per heavy atom. The highest BCUT2D eigenvalue weighted by Crippen LogP contribution is 2.32. The molecule has 0 bridgehead atoms. The van der Waals surface area contributed by atoms with E-state index in [1.54, 1.807) is 24.3 Å². The van der Waals surface area contributed by atoms with Crippen LogP contribution in [0.2, 0.25) is 0 Å². The molecule has 0 aromatic heterocycles. The molecule has 2 aromatic rings. The van der Waals surface area contributed by atoms with E-state index in [1.807, 2.05) is 12.1 Å². The molecule has 1 aliphatic rings. The van der Waals surface area contributed by atoms with E-state index in [9.17, 15) is 9.59 Å². The predicted octanol–water partition coefficient (Wildman–Crippen LogP) is 5.16. The molecule has 2 N–H and O–H groups in total. The van der Waals surface area contributed by atoms with Crippen molar-refractivity contribution in [3.8, 4) is 0 Å². The predicted molar refractivity (Wildman–Crippen MR) is 103 cm³/mol. The van der Waals surface area contributed by atoms with E-state index in [1.165, 1.54) is 44.8 Å². The van der Waals surface area contributed by atoms with E-state index >= 15 is 0 Å². The van der Waals surface area contributed by atoms with Gasteiger partial charge in [-0.3, -0.25) is 10.1 Å². The van der Waals surface area contributed by atoms with Crippen LogP contribution in [0.5, 0.6) is 0 Å². The largest absolute Gasteiger partial charge is 0.453 e. The molecule has 0 atom stereocenters. The van der Waals surface area contributed by atoms with E-state index in [0.29, 0.717) is 22.9 Å². The van der Waals surface area contributed by atoms with Crippen LogP contribution in [0, 0.1) is 0 Å². The van der Waals surface area contributed by atoms with Gasteiger partial charge in [-0.15, -0.1) is 0 Å². The molecule has 2 aromatic carbocycles. The lowest BCUT2D eigenvalue weighted by atomic mass is 9.84. The van der Waals surface area contributed by atoms with Crippen LogP contribution in [0.25, 0.3) is 0 Å². The van der Waals surface area contributed by atoms with Gasteiger partial charge in [0.1, 0.15) is 0 Å². The first-order chi connectivity index (χ1) is 12.7. The van der Waals surface area contributed by atoms with E-state index in [4.69, 9.17) is 0 Å². The normalized spacial score (nSPS) is 14.5. The van der Waals surface area contributed by atoms with Crippen molar-refractivity contribution in [1.29, 1.82) is 0 Å². The average molecular weight is 352 g/mol. The second kappa shape index (κ2) is 8.52. The van der Waals surface area contributed by atoms with Gasteiger partial charge in [0.2, 0.25) is 0 Å². The fraction of sp³-hybridized carbons (Fsp3) is 0.333. The number of ether oxygens (including phenoxy) is 1. The lowest BCUT2D eigenvalue weighted by Crippen LogP contribution is -2.14. The van der Waals surface area contributed by atoms with Gasteiger partial charge in [-0.05, 0) is 54.7 Å². The highest BCUT2D eigenvalue weighted by atomic mass is 16.5. The molecule has 3 rings (SSSR count). The Hall–Kier alpha value is -2.82. The van der Waals surface area contributed by atoms with Crippen molar-refractivity contribution in [2.45, 2.75) is 38.0 Å². The number of methoxy groups -OCH3 is 1. The fourth-order valence-electron chi connectivity index (χ4n) is 3.39. The van der Waals surface area contributed by atoms with Gasteiger partial charge in [0.05, 0.1) is 7.11 Å². The topological polar surface area (TPSA) is 67.4 Å². The Bertz CT molecular complexity index is 765. The number of carbonyl (C=O) groups is 2. The fourth-order valence-corrected chi connectivity index (χ4v) is 3.39. The minimum atomic E-state index is -0.549. The molecule has 26 heavy (non-hydrogen) atoms. The van der Waals surface area contributed by atoms with E-state index in [0.717, 1.165) is 0 Å². The summed E-state index contributed by atoms with van der Waals surface area (Å²) in [5.41, 5.74) is 3.11. The summed E-state index contributed by atoms with van der Waals surface area (Å²) in [6.07, 6.45) is 5.86. The summed E-state index contributed by atoms with van der Waals surface area (Å²) < 4.78 is 4.57. The molecule has 0 radical (unpaired) electrons. The van der Waals surface area contributed by atoms with Crippen LogP contribution in [-0.2, 0) is 4.74 Å². The third-order valence-electron chi connectivity index (χ3n) is 4.80. The van der Waals surface area contributed by atoms with Crippen molar-refractivity contribution in [3.63, 3.8) is 0 Å². The van der Waals surface area contributed by atoms with E-state index in [-0.39, 0.29) is 5.91 Å². The third-order valence-corrected chi connectivity index (χ3v) is 4.80. The number of nitrogens with one attached hydrogen (secondary N) is 2. The zero-order valence-electron chi connectivity index (χ0n) is 15.0. The van der Waals surface area contributed by atoms with Gasteiger partial charge in [0, 0.05) is 16.9 Å². The lowest BCUT2D eigenvalue weighted by molar-refractivity contribution is 0.102. The Kier molecular flexibility index (Phi) is 5.89. The molecule has 2 amide bonds. The van der Waals surface area contributed by atoms with Crippen LogP contribution < -0.4 is 10.6 Å². The monoisotopic (exact) mass is 352 g/mol. The number of benzene rings is 2. The molecule has 136 valence electrons. The summed E-state index contributed by atoms with van der Waals surface area (Å²) in [7, 11) is 1.30. The van der Waals surface area contributed by atoms with Crippen LogP contribution in [-0.4, -0.2) is 19.1 Å². The van der Waals surface area contributed by atoms with Crippen LogP contribution in [0.15, 0.2) is 48.5 Å². The van der Waals surface area contributed by atoms with Crippen molar-refractivity contribution >= 4 is 23.4 Å². The van der Waals surface area contributed by atoms with Gasteiger partial charge in [0.15, 0.2) is 0 Å². The molecule has 5 nitrogen and oxygen atoms in total. The molecular formula is C21H24N2O3. The van der Waals surface area contributed by atoms with Gasteiger partial charge >= 0.3 is 6.09 Å². The molecule has 0 heterocycles. The smallest absolute Gasteiger partial charge is 0.411 e. The Labute approximate surface area is 153 Å². The van der Waals surface area contributed by atoms with Crippen molar-refractivity contribution in [2.75, 3.05) is 17.7 Å². The summed E-state index contributed by atoms with van der Waals surface area (Å²) in [6, 6.07) is 14.9. The van der Waals surface area contributed by atoms with Crippen molar-refractivity contribution < 1.29 is 14.3 Å². The van der Waals surface area contributed by atoms with Gasteiger partial charge in [0.25, 0.3) is 5.91 Å². The Morgan fingerprint density at radius 3 is 2.23 bits per heavy atom. The summed E-state index contributed by atoms with van der Waals surface area (Å²) in [5.74, 6) is 0.456. The third kappa shape index (κ3) is 4.63. The quantitative estimate of drug-likeness (QED) is 0.798. The molecule has 0 saturated heterocycles. The molecule has 1 aliphatic carbocycles. The number of amides is 2. The zero-order chi connectivity index (χ0) is 18.4. The molecule has 0 unspecified atom stereocenters. The lowest BCUT2D eigenvalue weighted by Gasteiger charge is -2.22. The zero-order valence-corrected chi connectivity index (χ0v) is 15.0. The second-order valence-electron chi connectivity index (χ2n) is 6.61. The van der Waals surface area contributed by atoms with Crippen LogP contribution in [0.4, 0.5) is 16.2 Å². The maximum absolute atomic E-state index is 12.5. The van der Waals surface area contributed by atoms with E-state index in [2.05, 4.69) is 27.5 Å². The number of anilines is 2. The van der Waals surface area contributed by atoms with Crippen molar-refractivity contribution in [3.05, 3.63) is 59.7 Å². The maximum Gasteiger partial charge on any atom is 0.411 e. The summed E-state index contributed by atoms with van der Waals surface area (Å²) in [5, 5.41) is 5.43. The SMILES string of the molecule is COC(=O)Nc1cccc(NC(=O)c2ccc(C3CCCCC3)cc2)c1. The van der Waals surface area contributed by atoms with Crippen LogP contribution in [0.1, 0.15) is 53.9 Å². The molecule has 1 fully saturated rings. The Morgan fingerprint density at radius 2 is 1.58 bits per heavy atom. The minimum Gasteiger partial charge on any atom is -0.453 e. The van der Waals surface area contributed by atoms with Gasteiger partial charge in [-0.25, -0.2) is 4.79 Å². The minimum absolute atomic E-state index is 0.171. The maximum atomic E-state index is 12.5. The number of carbonyl (C=O) groups excluding carboxylic acids is 2. The number of rotatable bonds is 4. The van der Waals surface area contributed by atoms with Crippen molar-refractivity contribution in [1.82, 2.24) is 0 Å². The molecular weight excluding hydrogens is 328 g/mol. The summed E-state index contributed by atoms with van der Waals surface area (Å²) >= 11 is 0. The molecule has 1 saturated carbocycles. The highest BCUT2D eigenvalue weighted by molar-refractivity contribution is 6.04. The standard InChI is InChI=1S/C21H24N2O3/c1-26-21(25)23-19-9-5-8-18(14-19)22-20(24)17-12-10-16(11-13-17)15-6-3-2-4-7-15/h5,8-15H,2-4,6-7H2,1H3,(H,22,24)(H,23,25). The average Bonchev–Trinajstić information content (AvgIpc) is 2.69. The first kappa shape index (κ1) is 18.0. The van der Waals surface area contributed by atoms with Gasteiger partial charge < -0.3 is 10.1 Å². The number of hydrogen-bond acceptors (Lipinski definition) is 3. The summed E-state index contributed by atoms with van der Waals surface area (Å²) in [4.78, 5) is 23.7. The van der Waals surface area contributed by atoms with Crippen LogP contribution in [0.3, 0.4) is 0 Å². The molecule has 0 spiro atoms.